The van der Waals surface area contributed by atoms with Gasteiger partial charge in [0, 0.05) is 11.4 Å². The van der Waals surface area contributed by atoms with Crippen LogP contribution >= 0.6 is 0 Å². The van der Waals surface area contributed by atoms with Crippen LogP contribution in [0.25, 0.3) is 16.3 Å². The summed E-state index contributed by atoms with van der Waals surface area (Å²) < 4.78 is 0. The van der Waals surface area contributed by atoms with Crippen molar-refractivity contribution >= 4 is 16.3 Å². The summed E-state index contributed by atoms with van der Waals surface area (Å²) in [5, 5.41) is 6.54. The molecule has 1 heteroatoms. The van der Waals surface area contributed by atoms with Crippen LogP contribution in [-0.2, 0) is 12.8 Å². The molecule has 1 atom stereocenters. The second-order valence-electron chi connectivity index (χ2n) is 13.7. The molecule has 0 bridgehead atoms. The van der Waals surface area contributed by atoms with Crippen molar-refractivity contribution in [2.24, 2.45) is 11.3 Å². The van der Waals surface area contributed by atoms with Gasteiger partial charge < -0.3 is 5.32 Å². The number of hydrogen-bond donors (Lipinski definition) is 1. The van der Waals surface area contributed by atoms with Crippen molar-refractivity contribution in [2.75, 3.05) is 0 Å². The standard InChI is InChI=1S/C22H26.C16H21N.C4H10/c1-14(22(2,3)4)18-12-10-17-9-8-15-6-5-7-16-11-13-19(18)21(17)20(15)16;1-4-10-15(6-3)17-16(11-5-2)14-12-8-7-9-13-14;1-4(2)3/h8,10-14H,5-7,9H2,1-4H3;4-12,17H,13H2,1-3H3;4H,1-3H3/b;10-4-,11-5-,15-6+,16-14+;. The lowest BCUT2D eigenvalue weighted by Crippen LogP contribution is -2.16. The monoisotopic (exact) mass is 575 g/mol. The highest BCUT2D eigenvalue weighted by Crippen LogP contribution is 2.45. The molecule has 0 saturated heterocycles. The molecule has 0 amide bonds. The lowest BCUT2D eigenvalue weighted by Gasteiger charge is -2.31. The van der Waals surface area contributed by atoms with Gasteiger partial charge in [-0.25, -0.2) is 0 Å². The van der Waals surface area contributed by atoms with Crippen molar-refractivity contribution < 1.29 is 0 Å². The van der Waals surface area contributed by atoms with Gasteiger partial charge in [0.1, 0.15) is 0 Å². The van der Waals surface area contributed by atoms with E-state index in [0.29, 0.717) is 11.3 Å². The Morgan fingerprint density at radius 1 is 0.837 bits per heavy atom. The molecule has 2 aromatic carbocycles. The Morgan fingerprint density at radius 2 is 1.53 bits per heavy atom. The lowest BCUT2D eigenvalue weighted by molar-refractivity contribution is 0.341. The number of aryl methyl sites for hydroxylation is 1. The molecule has 0 saturated carbocycles. The summed E-state index contributed by atoms with van der Waals surface area (Å²) in [4.78, 5) is 0. The third-order valence-electron chi connectivity index (χ3n) is 8.43. The zero-order chi connectivity index (χ0) is 31.6. The molecule has 1 N–H and O–H groups in total. The van der Waals surface area contributed by atoms with E-state index in [0.717, 1.165) is 24.5 Å². The average Bonchev–Trinajstić information content (AvgIpc) is 2.99. The van der Waals surface area contributed by atoms with Crippen LogP contribution < -0.4 is 5.32 Å². The van der Waals surface area contributed by atoms with Crippen molar-refractivity contribution in [3.63, 3.8) is 0 Å². The van der Waals surface area contributed by atoms with Crippen LogP contribution in [0.15, 0.2) is 102 Å². The first kappa shape index (κ1) is 34.2. The first-order valence-corrected chi connectivity index (χ1v) is 16.5. The fourth-order valence-corrected chi connectivity index (χ4v) is 5.86. The topological polar surface area (TPSA) is 12.0 Å². The summed E-state index contributed by atoms with van der Waals surface area (Å²) in [7, 11) is 0. The molecule has 43 heavy (non-hydrogen) atoms. The Kier molecular flexibility index (Phi) is 12.7. The minimum atomic E-state index is 0.299. The van der Waals surface area contributed by atoms with Gasteiger partial charge in [-0.05, 0) is 126 Å². The second kappa shape index (κ2) is 15.9. The van der Waals surface area contributed by atoms with E-state index in [2.05, 4.69) is 133 Å². The van der Waals surface area contributed by atoms with Gasteiger partial charge in [0.2, 0.25) is 0 Å². The van der Waals surface area contributed by atoms with Crippen molar-refractivity contribution in [3.05, 3.63) is 124 Å². The number of benzene rings is 2. The van der Waals surface area contributed by atoms with Gasteiger partial charge in [-0.15, -0.1) is 0 Å². The maximum absolute atomic E-state index is 3.46. The van der Waals surface area contributed by atoms with Gasteiger partial charge in [-0.1, -0.05) is 121 Å². The molecular formula is C42H57N. The number of hydrogen-bond acceptors (Lipinski definition) is 1. The third kappa shape index (κ3) is 9.09. The van der Waals surface area contributed by atoms with Crippen LogP contribution in [0.4, 0.5) is 0 Å². The Morgan fingerprint density at radius 3 is 2.14 bits per heavy atom. The molecule has 0 spiro atoms. The molecule has 5 rings (SSSR count). The smallest absolute Gasteiger partial charge is 0.0416 e. The van der Waals surface area contributed by atoms with E-state index in [-0.39, 0.29) is 0 Å². The molecule has 0 aliphatic heterocycles. The van der Waals surface area contributed by atoms with Crippen LogP contribution in [0.3, 0.4) is 0 Å². The van der Waals surface area contributed by atoms with Gasteiger partial charge in [-0.3, -0.25) is 0 Å². The van der Waals surface area contributed by atoms with Crippen LogP contribution in [0.1, 0.15) is 117 Å². The van der Waals surface area contributed by atoms with E-state index in [1.165, 1.54) is 47.0 Å². The summed E-state index contributed by atoms with van der Waals surface area (Å²) in [6, 6.07) is 9.59. The largest absolute Gasteiger partial charge is 0.356 e. The highest BCUT2D eigenvalue weighted by molar-refractivity contribution is 6.01. The molecule has 1 nitrogen and oxygen atoms in total. The maximum Gasteiger partial charge on any atom is 0.0416 e. The number of nitrogens with one attached hydrogen (secondary N) is 1. The predicted octanol–water partition coefficient (Wildman–Crippen LogP) is 12.3. The molecular weight excluding hydrogens is 518 g/mol. The van der Waals surface area contributed by atoms with Crippen molar-refractivity contribution in [3.8, 4) is 0 Å². The van der Waals surface area contributed by atoms with Gasteiger partial charge in [0.05, 0.1) is 0 Å². The van der Waals surface area contributed by atoms with Crippen LogP contribution in [0.2, 0.25) is 0 Å². The van der Waals surface area contributed by atoms with E-state index in [1.807, 2.05) is 26.8 Å². The predicted molar refractivity (Wildman–Crippen MR) is 193 cm³/mol. The highest BCUT2D eigenvalue weighted by Gasteiger charge is 2.27. The van der Waals surface area contributed by atoms with Crippen molar-refractivity contribution in [2.45, 2.75) is 107 Å². The number of rotatable bonds is 5. The highest BCUT2D eigenvalue weighted by atomic mass is 14.9. The first-order chi connectivity index (χ1) is 20.5. The molecule has 3 aliphatic carbocycles. The summed E-state index contributed by atoms with van der Waals surface area (Å²) in [5.74, 6) is 1.40. The minimum Gasteiger partial charge on any atom is -0.356 e. The molecule has 0 radical (unpaired) electrons. The zero-order valence-electron chi connectivity index (χ0n) is 28.8. The molecule has 230 valence electrons. The molecule has 0 heterocycles. The molecule has 1 unspecified atom stereocenters. The summed E-state index contributed by atoms with van der Waals surface area (Å²) in [5.41, 5.74) is 11.7. The van der Waals surface area contributed by atoms with Crippen LogP contribution in [0, 0.1) is 11.3 Å². The fourth-order valence-electron chi connectivity index (χ4n) is 5.86. The Hall–Kier alpha value is -3.32. The Labute approximate surface area is 264 Å². The summed E-state index contributed by atoms with van der Waals surface area (Å²) in [6.07, 6.45) is 27.3. The van der Waals surface area contributed by atoms with E-state index in [4.69, 9.17) is 0 Å². The second-order valence-corrected chi connectivity index (χ2v) is 13.7. The van der Waals surface area contributed by atoms with E-state index in [9.17, 15) is 0 Å². The van der Waals surface area contributed by atoms with Gasteiger partial charge in [0.25, 0.3) is 0 Å². The first-order valence-electron chi connectivity index (χ1n) is 16.5. The van der Waals surface area contributed by atoms with E-state index >= 15 is 0 Å². The zero-order valence-corrected chi connectivity index (χ0v) is 28.8. The van der Waals surface area contributed by atoms with Crippen molar-refractivity contribution in [1.29, 1.82) is 0 Å². The van der Waals surface area contributed by atoms with E-state index in [1.54, 1.807) is 22.1 Å². The fraction of sp³-hybridized carbons (Fsp3) is 0.429. The Balaban J connectivity index is 0.000000216. The normalized spacial score (nSPS) is 17.8. The van der Waals surface area contributed by atoms with E-state index < -0.39 is 0 Å². The van der Waals surface area contributed by atoms with Gasteiger partial charge in [0.15, 0.2) is 0 Å². The molecule has 0 fully saturated rings. The van der Waals surface area contributed by atoms with Crippen molar-refractivity contribution in [1.82, 2.24) is 5.32 Å². The number of allylic oxidation sites excluding steroid dienone is 12. The van der Waals surface area contributed by atoms with Crippen LogP contribution in [0.5, 0.6) is 0 Å². The Bertz CT molecular complexity index is 1450. The van der Waals surface area contributed by atoms with Gasteiger partial charge in [-0.2, -0.15) is 0 Å². The third-order valence-corrected chi connectivity index (χ3v) is 8.43. The quantitative estimate of drug-likeness (QED) is 0.350. The minimum absolute atomic E-state index is 0.299. The maximum atomic E-state index is 3.46. The molecule has 2 aromatic rings. The molecule has 3 aliphatic rings. The molecule has 0 aromatic heterocycles. The summed E-state index contributed by atoms with van der Waals surface area (Å²) >= 11 is 0. The SMILES string of the molecule is C/C=C\C(NC(/C=C\C)=C/C)=C1\C=CC=CC1.CC(C)C.CC(c1ccc2c3c4c(ccc13)CCCC4=CC2)C(C)(C)C. The van der Waals surface area contributed by atoms with Gasteiger partial charge >= 0.3 is 0 Å². The average molecular weight is 576 g/mol. The lowest BCUT2D eigenvalue weighted by atomic mass is 9.73. The van der Waals surface area contributed by atoms with Crippen LogP contribution in [-0.4, -0.2) is 0 Å². The summed E-state index contributed by atoms with van der Waals surface area (Å²) in [6.45, 7) is 22.0.